The predicted octanol–water partition coefficient (Wildman–Crippen LogP) is 6.27. The van der Waals surface area contributed by atoms with Crippen molar-refractivity contribution >= 4 is 0 Å². The minimum absolute atomic E-state index is 0. The van der Waals surface area contributed by atoms with E-state index in [1.165, 1.54) is 0 Å². The van der Waals surface area contributed by atoms with Crippen molar-refractivity contribution in [2.45, 2.75) is 35.1 Å². The van der Waals surface area contributed by atoms with Gasteiger partial charge in [-0.3, -0.25) is 0 Å². The molecule has 0 aliphatic heterocycles. The Bertz CT molecular complexity index is 221. The molecule has 0 fully saturated rings. The Morgan fingerprint density at radius 1 is 0.706 bits per heavy atom. The molecule has 0 rings (SSSR count). The first kappa shape index (κ1) is 24.6. The van der Waals surface area contributed by atoms with Crippen LogP contribution in [0.25, 0.3) is 0 Å². The smallest absolute Gasteiger partial charge is 0.0262 e. The van der Waals surface area contributed by atoms with E-state index in [9.17, 15) is 0 Å². The van der Waals surface area contributed by atoms with Crippen LogP contribution in [0.15, 0.2) is 73.9 Å². The number of hydrogen-bond donors (Lipinski definition) is 0. The number of allylic oxidation sites excluding steroid dienone is 8. The summed E-state index contributed by atoms with van der Waals surface area (Å²) in [5, 5.41) is 0. The van der Waals surface area contributed by atoms with E-state index in [2.05, 4.69) is 26.3 Å². The molecule has 0 aromatic rings. The van der Waals surface area contributed by atoms with Gasteiger partial charge in [-0.15, -0.1) is 0 Å². The van der Waals surface area contributed by atoms with Crippen LogP contribution in [0.2, 0.25) is 0 Å². The topological polar surface area (TPSA) is 0 Å². The molecule has 0 heterocycles. The maximum atomic E-state index is 3.83. The van der Waals surface area contributed by atoms with Gasteiger partial charge in [-0.25, -0.2) is 0 Å². The lowest BCUT2D eigenvalue weighted by Gasteiger charge is -1.96. The Labute approximate surface area is 109 Å². The average molecular weight is 234 g/mol. The molecule has 0 N–H and O–H groups in total. The maximum absolute atomic E-state index is 3.83. The third-order valence-corrected chi connectivity index (χ3v) is 1.28. The Hall–Kier alpha value is -1.56. The summed E-state index contributed by atoms with van der Waals surface area (Å²) in [4.78, 5) is 0. The highest BCUT2D eigenvalue weighted by Gasteiger charge is 1.88. The normalized spacial score (nSPS) is 8.00. The molecule has 0 atom stereocenters. The second-order valence-corrected chi connectivity index (χ2v) is 2.24. The first-order valence-corrected chi connectivity index (χ1v) is 5.68. The summed E-state index contributed by atoms with van der Waals surface area (Å²) < 4.78 is 0. The van der Waals surface area contributed by atoms with Crippen LogP contribution in [0.1, 0.15) is 35.1 Å². The first-order valence-electron chi connectivity index (χ1n) is 5.68. The highest BCUT2D eigenvalue weighted by Crippen LogP contribution is 2.07. The van der Waals surface area contributed by atoms with Crippen molar-refractivity contribution in [1.29, 1.82) is 0 Å². The SMILES string of the molecule is C.C=C/C=C\C(=C)C(=C)/C=C\C=C.CC.CC. The van der Waals surface area contributed by atoms with Gasteiger partial charge in [0.25, 0.3) is 0 Å². The summed E-state index contributed by atoms with van der Waals surface area (Å²) >= 11 is 0. The molecule has 0 saturated heterocycles. The van der Waals surface area contributed by atoms with Crippen LogP contribution in [-0.4, -0.2) is 0 Å². The van der Waals surface area contributed by atoms with Crippen LogP contribution in [0.5, 0.6) is 0 Å². The molecule has 0 spiro atoms. The molecule has 0 saturated carbocycles. The van der Waals surface area contributed by atoms with E-state index in [1.807, 2.05) is 52.0 Å². The van der Waals surface area contributed by atoms with Gasteiger partial charge in [0, 0.05) is 0 Å². The van der Waals surface area contributed by atoms with Crippen molar-refractivity contribution < 1.29 is 0 Å². The summed E-state index contributed by atoms with van der Waals surface area (Å²) in [6, 6.07) is 0. The molecule has 0 unspecified atom stereocenters. The number of hydrogen-bond acceptors (Lipinski definition) is 0. The van der Waals surface area contributed by atoms with Crippen LogP contribution in [0, 0.1) is 0 Å². The van der Waals surface area contributed by atoms with Gasteiger partial charge in [0.05, 0.1) is 0 Å². The first-order chi connectivity index (χ1) is 7.72. The van der Waals surface area contributed by atoms with Gasteiger partial charge >= 0.3 is 0 Å². The van der Waals surface area contributed by atoms with Crippen LogP contribution in [-0.2, 0) is 0 Å². The maximum Gasteiger partial charge on any atom is -0.0262 e. The van der Waals surface area contributed by atoms with Crippen molar-refractivity contribution in [3.63, 3.8) is 0 Å². The third-order valence-electron chi connectivity index (χ3n) is 1.28. The third kappa shape index (κ3) is 20.5. The van der Waals surface area contributed by atoms with Crippen molar-refractivity contribution in [3.05, 3.63) is 73.9 Å². The summed E-state index contributed by atoms with van der Waals surface area (Å²) in [5.41, 5.74) is 1.76. The summed E-state index contributed by atoms with van der Waals surface area (Å²) in [5.74, 6) is 0. The lowest BCUT2D eigenvalue weighted by Crippen LogP contribution is -1.76. The zero-order valence-corrected chi connectivity index (χ0v) is 11.3. The summed E-state index contributed by atoms with van der Waals surface area (Å²) in [6.45, 7) is 22.8. The molecule has 0 aliphatic carbocycles. The fourth-order valence-electron chi connectivity index (χ4n) is 0.582. The molecule has 98 valence electrons. The summed E-state index contributed by atoms with van der Waals surface area (Å²) in [6.07, 6.45) is 10.8. The standard InChI is InChI=1S/C12H14.2C2H6.CH4/c1-5-7-9-11(3)12(4)10-8-6-2;2*1-2;/h5-10H,1-4H2;2*1-2H3;1H4/b9-7-,10-8-;;;. The minimum atomic E-state index is 0. The van der Waals surface area contributed by atoms with Crippen LogP contribution < -0.4 is 0 Å². The zero-order chi connectivity index (χ0) is 13.4. The summed E-state index contributed by atoms with van der Waals surface area (Å²) in [7, 11) is 0. The van der Waals surface area contributed by atoms with Gasteiger partial charge in [0.2, 0.25) is 0 Å². The highest BCUT2D eigenvalue weighted by molar-refractivity contribution is 5.43. The monoisotopic (exact) mass is 234 g/mol. The van der Waals surface area contributed by atoms with Gasteiger partial charge in [0.1, 0.15) is 0 Å². The van der Waals surface area contributed by atoms with E-state index in [-0.39, 0.29) is 7.43 Å². The van der Waals surface area contributed by atoms with E-state index >= 15 is 0 Å². The highest BCUT2D eigenvalue weighted by atomic mass is 13.9. The molecule has 0 bridgehead atoms. The zero-order valence-electron chi connectivity index (χ0n) is 11.3. The van der Waals surface area contributed by atoms with Gasteiger partial charge in [-0.1, -0.05) is 97.9 Å². The molecule has 0 aromatic heterocycles. The lowest BCUT2D eigenvalue weighted by molar-refractivity contribution is 1.50. The van der Waals surface area contributed by atoms with Crippen molar-refractivity contribution in [3.8, 4) is 0 Å². The van der Waals surface area contributed by atoms with Gasteiger partial charge < -0.3 is 0 Å². The van der Waals surface area contributed by atoms with E-state index < -0.39 is 0 Å². The molecular formula is C17H30. The van der Waals surface area contributed by atoms with Gasteiger partial charge in [0.15, 0.2) is 0 Å². The molecule has 0 nitrogen and oxygen atoms in total. The molecule has 0 aliphatic rings. The van der Waals surface area contributed by atoms with E-state index in [0.29, 0.717) is 0 Å². The van der Waals surface area contributed by atoms with E-state index in [1.54, 1.807) is 12.2 Å². The van der Waals surface area contributed by atoms with E-state index in [4.69, 9.17) is 0 Å². The average Bonchev–Trinajstić information content (AvgIpc) is 2.37. The second-order valence-electron chi connectivity index (χ2n) is 2.24. The van der Waals surface area contributed by atoms with Crippen LogP contribution in [0.4, 0.5) is 0 Å². The van der Waals surface area contributed by atoms with E-state index in [0.717, 1.165) is 11.1 Å². The molecule has 0 radical (unpaired) electrons. The predicted molar refractivity (Wildman–Crippen MR) is 86.4 cm³/mol. The largest absolute Gasteiger partial charge is 0.0991 e. The quantitative estimate of drug-likeness (QED) is 0.492. The minimum Gasteiger partial charge on any atom is -0.0991 e. The molecule has 0 aromatic carbocycles. The second kappa shape index (κ2) is 23.9. The lowest BCUT2D eigenvalue weighted by atomic mass is 10.1. The molecular weight excluding hydrogens is 204 g/mol. The van der Waals surface area contributed by atoms with Crippen molar-refractivity contribution in [2.75, 3.05) is 0 Å². The van der Waals surface area contributed by atoms with Crippen LogP contribution in [0.3, 0.4) is 0 Å². The Morgan fingerprint density at radius 2 is 0.941 bits per heavy atom. The number of rotatable bonds is 5. The molecule has 17 heavy (non-hydrogen) atoms. The molecule has 0 heteroatoms. The Balaban J connectivity index is -0.000000152. The fourth-order valence-corrected chi connectivity index (χ4v) is 0.582. The van der Waals surface area contributed by atoms with Crippen molar-refractivity contribution in [1.82, 2.24) is 0 Å². The van der Waals surface area contributed by atoms with Crippen LogP contribution >= 0.6 is 0 Å². The van der Waals surface area contributed by atoms with Crippen molar-refractivity contribution in [2.24, 2.45) is 0 Å². The van der Waals surface area contributed by atoms with Gasteiger partial charge in [-0.2, -0.15) is 0 Å². The fraction of sp³-hybridized carbons (Fsp3) is 0.294. The molecule has 0 amide bonds. The van der Waals surface area contributed by atoms with Gasteiger partial charge in [-0.05, 0) is 11.1 Å². The Morgan fingerprint density at radius 3 is 1.12 bits per heavy atom. The Kier molecular flexibility index (Phi) is 34.6.